The van der Waals surface area contributed by atoms with Gasteiger partial charge in [0.15, 0.2) is 5.58 Å². The number of benzene rings is 2. The van der Waals surface area contributed by atoms with Gasteiger partial charge in [-0.05, 0) is 36.7 Å². The Morgan fingerprint density at radius 2 is 2.05 bits per heavy atom. The van der Waals surface area contributed by atoms with Gasteiger partial charge in [-0.15, -0.1) is 0 Å². The van der Waals surface area contributed by atoms with Gasteiger partial charge in [0.05, 0.1) is 7.11 Å². The molecule has 3 aromatic rings. The van der Waals surface area contributed by atoms with Gasteiger partial charge in [0.1, 0.15) is 11.3 Å². The molecule has 0 unspecified atom stereocenters. The fourth-order valence-corrected chi connectivity index (χ4v) is 2.25. The quantitative estimate of drug-likeness (QED) is 0.790. The molecule has 102 valence electrons. The average Bonchev–Trinajstić information content (AvgIpc) is 2.90. The highest BCUT2D eigenvalue weighted by molar-refractivity contribution is 5.78. The van der Waals surface area contributed by atoms with E-state index in [9.17, 15) is 0 Å². The number of aromatic nitrogens is 1. The summed E-state index contributed by atoms with van der Waals surface area (Å²) < 4.78 is 11.0. The molecule has 0 radical (unpaired) electrons. The Balaban J connectivity index is 2.10. The molecule has 0 aliphatic rings. The third kappa shape index (κ3) is 2.26. The summed E-state index contributed by atoms with van der Waals surface area (Å²) in [5.41, 5.74) is 9.34. The van der Waals surface area contributed by atoms with Crippen LogP contribution in [0, 0.1) is 0 Å². The van der Waals surface area contributed by atoms with Crippen molar-refractivity contribution in [2.75, 3.05) is 13.7 Å². The largest absolute Gasteiger partial charge is 0.497 e. The molecule has 20 heavy (non-hydrogen) atoms. The van der Waals surface area contributed by atoms with Crippen molar-refractivity contribution in [2.45, 2.75) is 6.42 Å². The standard InChI is InChI=1S/C16H16N2O2/c1-19-12-6-7-14-15(10-12)20-16(18-14)13-5-3-2-4-11(13)8-9-17/h2-7,10H,8-9,17H2,1H3. The lowest BCUT2D eigenvalue weighted by molar-refractivity contribution is 0.414. The molecule has 0 spiro atoms. The molecular formula is C16H16N2O2. The summed E-state index contributed by atoms with van der Waals surface area (Å²) >= 11 is 0. The van der Waals surface area contributed by atoms with E-state index >= 15 is 0 Å². The Bertz CT molecular complexity index is 734. The molecule has 1 aromatic heterocycles. The Kier molecular flexibility index (Phi) is 3.39. The van der Waals surface area contributed by atoms with Crippen LogP contribution in [-0.4, -0.2) is 18.6 Å². The van der Waals surface area contributed by atoms with Crippen molar-refractivity contribution >= 4 is 11.1 Å². The average molecular weight is 268 g/mol. The van der Waals surface area contributed by atoms with Crippen molar-refractivity contribution in [1.29, 1.82) is 0 Å². The van der Waals surface area contributed by atoms with Crippen molar-refractivity contribution in [3.63, 3.8) is 0 Å². The number of methoxy groups -OCH3 is 1. The predicted molar refractivity (Wildman–Crippen MR) is 78.8 cm³/mol. The Morgan fingerprint density at radius 1 is 1.20 bits per heavy atom. The summed E-state index contributed by atoms with van der Waals surface area (Å²) in [6.45, 7) is 0.602. The Labute approximate surface area is 117 Å². The van der Waals surface area contributed by atoms with Gasteiger partial charge >= 0.3 is 0 Å². The molecule has 0 atom stereocenters. The molecule has 0 aliphatic carbocycles. The van der Waals surface area contributed by atoms with Crippen molar-refractivity contribution in [1.82, 2.24) is 4.98 Å². The molecule has 4 heteroatoms. The van der Waals surface area contributed by atoms with E-state index in [0.717, 1.165) is 34.4 Å². The number of nitrogens with two attached hydrogens (primary N) is 1. The molecule has 0 bridgehead atoms. The fraction of sp³-hybridized carbons (Fsp3) is 0.188. The number of nitrogens with zero attached hydrogens (tertiary/aromatic N) is 1. The zero-order valence-corrected chi connectivity index (χ0v) is 11.3. The van der Waals surface area contributed by atoms with Gasteiger partial charge in [0, 0.05) is 11.6 Å². The molecule has 1 heterocycles. The van der Waals surface area contributed by atoms with E-state index in [4.69, 9.17) is 14.9 Å². The van der Waals surface area contributed by atoms with E-state index < -0.39 is 0 Å². The lowest BCUT2D eigenvalue weighted by Crippen LogP contribution is -2.03. The van der Waals surface area contributed by atoms with Crippen molar-refractivity contribution < 1.29 is 9.15 Å². The fourth-order valence-electron chi connectivity index (χ4n) is 2.25. The summed E-state index contributed by atoms with van der Waals surface area (Å²) in [4.78, 5) is 4.54. The summed E-state index contributed by atoms with van der Waals surface area (Å²) in [7, 11) is 1.63. The van der Waals surface area contributed by atoms with Crippen LogP contribution >= 0.6 is 0 Å². The minimum absolute atomic E-state index is 0.602. The topological polar surface area (TPSA) is 61.3 Å². The van der Waals surface area contributed by atoms with Crippen LogP contribution < -0.4 is 10.5 Å². The second-order valence-electron chi connectivity index (χ2n) is 4.55. The highest BCUT2D eigenvalue weighted by atomic mass is 16.5. The van der Waals surface area contributed by atoms with Crippen LogP contribution in [0.4, 0.5) is 0 Å². The van der Waals surface area contributed by atoms with Crippen LogP contribution in [0.1, 0.15) is 5.56 Å². The zero-order chi connectivity index (χ0) is 13.9. The highest BCUT2D eigenvalue weighted by Gasteiger charge is 2.12. The van der Waals surface area contributed by atoms with Crippen molar-refractivity contribution in [3.05, 3.63) is 48.0 Å². The summed E-state index contributed by atoms with van der Waals surface area (Å²) in [6.07, 6.45) is 0.804. The second-order valence-corrected chi connectivity index (χ2v) is 4.55. The Hall–Kier alpha value is -2.33. The number of oxazole rings is 1. The first kappa shape index (κ1) is 12.7. The van der Waals surface area contributed by atoms with Gasteiger partial charge in [-0.3, -0.25) is 0 Å². The van der Waals surface area contributed by atoms with Crippen LogP contribution in [-0.2, 0) is 6.42 Å². The molecule has 0 aliphatic heterocycles. The number of hydrogen-bond acceptors (Lipinski definition) is 4. The normalized spacial score (nSPS) is 10.9. The molecule has 0 saturated heterocycles. The first-order chi connectivity index (χ1) is 9.81. The van der Waals surface area contributed by atoms with E-state index in [2.05, 4.69) is 11.1 Å². The van der Waals surface area contributed by atoms with Gasteiger partial charge in [-0.1, -0.05) is 18.2 Å². The van der Waals surface area contributed by atoms with Crippen molar-refractivity contribution in [2.24, 2.45) is 5.73 Å². The summed E-state index contributed by atoms with van der Waals surface area (Å²) in [5.74, 6) is 1.38. The van der Waals surface area contributed by atoms with Crippen molar-refractivity contribution in [3.8, 4) is 17.2 Å². The zero-order valence-electron chi connectivity index (χ0n) is 11.3. The maximum atomic E-state index is 5.85. The van der Waals surface area contributed by atoms with E-state index in [1.807, 2.05) is 36.4 Å². The third-order valence-electron chi connectivity index (χ3n) is 3.26. The van der Waals surface area contributed by atoms with Gasteiger partial charge in [-0.2, -0.15) is 0 Å². The van der Waals surface area contributed by atoms with Crippen LogP contribution in [0.25, 0.3) is 22.6 Å². The second kappa shape index (κ2) is 5.35. The first-order valence-electron chi connectivity index (χ1n) is 6.55. The van der Waals surface area contributed by atoms with E-state index in [1.54, 1.807) is 7.11 Å². The maximum Gasteiger partial charge on any atom is 0.227 e. The van der Waals surface area contributed by atoms with Gasteiger partial charge in [0.25, 0.3) is 0 Å². The number of hydrogen-bond donors (Lipinski definition) is 1. The minimum Gasteiger partial charge on any atom is -0.497 e. The molecule has 4 nitrogen and oxygen atoms in total. The highest BCUT2D eigenvalue weighted by Crippen LogP contribution is 2.29. The molecule has 0 amide bonds. The van der Waals surface area contributed by atoms with Crippen LogP contribution in [0.5, 0.6) is 5.75 Å². The van der Waals surface area contributed by atoms with Gasteiger partial charge < -0.3 is 14.9 Å². The lowest BCUT2D eigenvalue weighted by Gasteiger charge is -2.04. The van der Waals surface area contributed by atoms with Gasteiger partial charge in [-0.25, -0.2) is 4.98 Å². The summed E-state index contributed by atoms with van der Waals surface area (Å²) in [6, 6.07) is 13.7. The maximum absolute atomic E-state index is 5.85. The number of rotatable bonds is 4. The van der Waals surface area contributed by atoms with Gasteiger partial charge in [0.2, 0.25) is 5.89 Å². The predicted octanol–water partition coefficient (Wildman–Crippen LogP) is 3.00. The molecule has 0 fully saturated rings. The third-order valence-corrected chi connectivity index (χ3v) is 3.26. The van der Waals surface area contributed by atoms with E-state index in [0.29, 0.717) is 12.4 Å². The molecular weight excluding hydrogens is 252 g/mol. The van der Waals surface area contributed by atoms with Crippen LogP contribution in [0.3, 0.4) is 0 Å². The lowest BCUT2D eigenvalue weighted by atomic mass is 10.0. The van der Waals surface area contributed by atoms with Crippen LogP contribution in [0.15, 0.2) is 46.9 Å². The number of ether oxygens (including phenoxy) is 1. The molecule has 0 saturated carbocycles. The SMILES string of the molecule is COc1ccc2nc(-c3ccccc3CCN)oc2c1. The van der Waals surface area contributed by atoms with E-state index in [-0.39, 0.29) is 0 Å². The number of fused-ring (bicyclic) bond motifs is 1. The molecule has 2 N–H and O–H groups in total. The Morgan fingerprint density at radius 3 is 2.85 bits per heavy atom. The molecule has 3 rings (SSSR count). The minimum atomic E-state index is 0.602. The first-order valence-corrected chi connectivity index (χ1v) is 6.55. The summed E-state index contributed by atoms with van der Waals surface area (Å²) in [5, 5.41) is 0. The van der Waals surface area contributed by atoms with E-state index in [1.165, 1.54) is 0 Å². The molecule has 2 aromatic carbocycles. The smallest absolute Gasteiger partial charge is 0.227 e. The monoisotopic (exact) mass is 268 g/mol. The van der Waals surface area contributed by atoms with Crippen LogP contribution in [0.2, 0.25) is 0 Å².